The van der Waals surface area contributed by atoms with Crippen molar-refractivity contribution < 1.29 is 9.53 Å². The second kappa shape index (κ2) is 8.83. The average Bonchev–Trinajstić information content (AvgIpc) is 2.71. The lowest BCUT2D eigenvalue weighted by molar-refractivity contribution is 0.0955. The van der Waals surface area contributed by atoms with E-state index in [2.05, 4.69) is 16.9 Å². The van der Waals surface area contributed by atoms with E-state index in [1.165, 1.54) is 10.5 Å². The Kier molecular flexibility index (Phi) is 6.23. The number of hydrogen-bond acceptors (Lipinski definition) is 5. The van der Waals surface area contributed by atoms with Crippen LogP contribution in [0.4, 0.5) is 0 Å². The first-order valence-corrected chi connectivity index (χ1v) is 9.56. The van der Waals surface area contributed by atoms with Gasteiger partial charge in [0.05, 0.1) is 10.9 Å². The summed E-state index contributed by atoms with van der Waals surface area (Å²) in [5, 5.41) is 11.5. The number of fused-ring (bicyclic) bond motifs is 2. The van der Waals surface area contributed by atoms with Gasteiger partial charge in [0.15, 0.2) is 0 Å². The molecule has 0 unspecified atom stereocenters. The third-order valence-corrected chi connectivity index (χ3v) is 4.58. The second-order valence-electron chi connectivity index (χ2n) is 6.70. The van der Waals surface area contributed by atoms with E-state index in [-0.39, 0.29) is 23.2 Å². The zero-order valence-electron chi connectivity index (χ0n) is 16.7. The molecule has 0 aromatic carbocycles. The molecule has 1 amide bonds. The Hall–Kier alpha value is -3.26. The van der Waals surface area contributed by atoms with Crippen LogP contribution in [0.2, 0.25) is 0 Å². The normalized spacial score (nSPS) is 11.1. The number of carbonyl (C=O) groups excluding carboxylic acids is 1. The summed E-state index contributed by atoms with van der Waals surface area (Å²) in [4.78, 5) is 30.3. The van der Waals surface area contributed by atoms with Crippen LogP contribution in [0.15, 0.2) is 41.8 Å². The monoisotopic (exact) mass is 395 g/mol. The van der Waals surface area contributed by atoms with Gasteiger partial charge in [-0.05, 0) is 38.0 Å². The molecule has 0 aliphatic carbocycles. The second-order valence-corrected chi connectivity index (χ2v) is 6.70. The van der Waals surface area contributed by atoms with E-state index in [0.717, 1.165) is 5.56 Å². The van der Waals surface area contributed by atoms with Crippen LogP contribution in [-0.2, 0) is 11.3 Å². The molecule has 3 aromatic rings. The van der Waals surface area contributed by atoms with Gasteiger partial charge in [-0.15, -0.1) is 6.58 Å². The van der Waals surface area contributed by atoms with Gasteiger partial charge in [-0.25, -0.2) is 4.98 Å². The van der Waals surface area contributed by atoms with Gasteiger partial charge in [0.1, 0.15) is 16.8 Å². The number of amides is 1. The molecule has 29 heavy (non-hydrogen) atoms. The quantitative estimate of drug-likeness (QED) is 0.345. The molecule has 0 fully saturated rings. The van der Waals surface area contributed by atoms with Crippen LogP contribution < -0.4 is 16.4 Å². The number of carbonyl (C=O) groups is 1. The lowest BCUT2D eigenvalue weighted by atomic mass is 10.2. The summed E-state index contributed by atoms with van der Waals surface area (Å²) in [5.74, 6) is -0.427. The molecule has 8 heteroatoms. The van der Waals surface area contributed by atoms with E-state index in [4.69, 9.17) is 10.1 Å². The number of nitrogens with one attached hydrogen (secondary N) is 2. The predicted octanol–water partition coefficient (Wildman–Crippen LogP) is 1.78. The first-order chi connectivity index (χ1) is 14.0. The highest BCUT2D eigenvalue weighted by molar-refractivity contribution is 5.96. The molecule has 0 spiro atoms. The van der Waals surface area contributed by atoms with Gasteiger partial charge >= 0.3 is 0 Å². The first-order valence-electron chi connectivity index (χ1n) is 9.56. The zero-order valence-corrected chi connectivity index (χ0v) is 16.7. The Balaban J connectivity index is 2.25. The third-order valence-electron chi connectivity index (χ3n) is 4.58. The van der Waals surface area contributed by atoms with Crippen LogP contribution in [-0.4, -0.2) is 39.6 Å². The maximum absolute atomic E-state index is 13.1. The van der Waals surface area contributed by atoms with Gasteiger partial charge in [0, 0.05) is 32.5 Å². The molecule has 0 aliphatic heterocycles. The van der Waals surface area contributed by atoms with Crippen LogP contribution >= 0.6 is 0 Å². The summed E-state index contributed by atoms with van der Waals surface area (Å²) < 4.78 is 8.47. The lowest BCUT2D eigenvalue weighted by Gasteiger charge is -2.15. The minimum Gasteiger partial charge on any atom is -0.382 e. The fourth-order valence-corrected chi connectivity index (χ4v) is 3.16. The largest absolute Gasteiger partial charge is 0.382 e. The predicted molar refractivity (Wildman–Crippen MR) is 111 cm³/mol. The summed E-state index contributed by atoms with van der Waals surface area (Å²) in [6.07, 6.45) is 3.91. The number of aryl methyl sites for hydroxylation is 2. The van der Waals surface area contributed by atoms with Crippen molar-refractivity contribution in [2.24, 2.45) is 0 Å². The molecule has 152 valence electrons. The van der Waals surface area contributed by atoms with Gasteiger partial charge in [0.2, 0.25) is 0 Å². The molecule has 3 rings (SSSR count). The van der Waals surface area contributed by atoms with Crippen LogP contribution in [0.5, 0.6) is 0 Å². The first kappa shape index (κ1) is 20.5. The highest BCUT2D eigenvalue weighted by Gasteiger charge is 2.17. The molecule has 2 N–H and O–H groups in total. The van der Waals surface area contributed by atoms with Crippen LogP contribution in [0.1, 0.15) is 29.3 Å². The van der Waals surface area contributed by atoms with E-state index in [0.29, 0.717) is 42.9 Å². The van der Waals surface area contributed by atoms with Gasteiger partial charge in [-0.3, -0.25) is 19.4 Å². The number of ether oxygens (including phenoxy) is 1. The minimum absolute atomic E-state index is 0.0129. The molecular weight excluding hydrogens is 370 g/mol. The number of rotatable bonds is 8. The van der Waals surface area contributed by atoms with Crippen molar-refractivity contribution in [3.8, 4) is 0 Å². The molecule has 0 aliphatic rings. The van der Waals surface area contributed by atoms with Gasteiger partial charge in [-0.1, -0.05) is 12.1 Å². The van der Waals surface area contributed by atoms with Crippen molar-refractivity contribution in [1.82, 2.24) is 19.3 Å². The van der Waals surface area contributed by atoms with Gasteiger partial charge in [0.25, 0.3) is 11.5 Å². The number of pyridine rings is 2. The third kappa shape index (κ3) is 4.12. The number of nitrogens with zero attached hydrogens (tertiary/aromatic N) is 3. The highest BCUT2D eigenvalue weighted by atomic mass is 16.5. The molecule has 0 saturated carbocycles. The van der Waals surface area contributed by atoms with Gasteiger partial charge in [-0.2, -0.15) is 0 Å². The van der Waals surface area contributed by atoms with E-state index < -0.39 is 5.91 Å². The Morgan fingerprint density at radius 2 is 2.21 bits per heavy atom. The van der Waals surface area contributed by atoms with Crippen molar-refractivity contribution in [1.29, 1.82) is 5.41 Å². The van der Waals surface area contributed by atoms with Crippen LogP contribution in [0.25, 0.3) is 16.7 Å². The smallest absolute Gasteiger partial charge is 0.267 e. The van der Waals surface area contributed by atoms with Gasteiger partial charge < -0.3 is 14.6 Å². The number of aromatic nitrogens is 3. The van der Waals surface area contributed by atoms with E-state index >= 15 is 0 Å². The van der Waals surface area contributed by atoms with Crippen molar-refractivity contribution in [2.45, 2.75) is 26.8 Å². The summed E-state index contributed by atoms with van der Waals surface area (Å²) in [6.45, 7) is 9.20. The fourth-order valence-electron chi connectivity index (χ4n) is 3.16. The van der Waals surface area contributed by atoms with Crippen molar-refractivity contribution in [2.75, 3.05) is 19.8 Å². The lowest BCUT2D eigenvalue weighted by Crippen LogP contribution is -2.35. The molecular formula is C21H25N5O3. The van der Waals surface area contributed by atoms with E-state index in [9.17, 15) is 9.59 Å². The summed E-state index contributed by atoms with van der Waals surface area (Å²) in [7, 11) is 0. The zero-order chi connectivity index (χ0) is 21.0. The fraction of sp³-hybridized carbons (Fsp3) is 0.333. The Bertz CT molecular complexity index is 1190. The van der Waals surface area contributed by atoms with Crippen molar-refractivity contribution >= 4 is 22.6 Å². The van der Waals surface area contributed by atoms with E-state index in [1.54, 1.807) is 22.9 Å². The SMILES string of the molecule is C=CCNC(=O)c1cc2c(=O)n3cc(C)ccc3nc2n(CCCOCC)c1=N. The van der Waals surface area contributed by atoms with E-state index in [1.807, 2.05) is 19.9 Å². The Labute approximate surface area is 168 Å². The van der Waals surface area contributed by atoms with Crippen molar-refractivity contribution in [3.63, 3.8) is 0 Å². The molecule has 8 nitrogen and oxygen atoms in total. The molecule has 0 atom stereocenters. The van der Waals surface area contributed by atoms with Crippen molar-refractivity contribution in [3.05, 3.63) is 64.0 Å². The average molecular weight is 395 g/mol. The molecule has 0 saturated heterocycles. The molecule has 3 aromatic heterocycles. The topological polar surface area (TPSA) is 101 Å². The molecule has 3 heterocycles. The number of hydrogen-bond donors (Lipinski definition) is 2. The standard InChI is InChI=1S/C21H25N5O3/c1-4-9-23-20(27)15-12-16-19(25(18(15)22)10-6-11-29-5-2)24-17-8-7-14(3)13-26(17)21(16)28/h4,7-8,12-13,22H,1,5-6,9-11H2,2-3H3,(H,23,27). The van der Waals surface area contributed by atoms with Crippen LogP contribution in [0, 0.1) is 12.3 Å². The molecule has 0 bridgehead atoms. The Morgan fingerprint density at radius 3 is 2.93 bits per heavy atom. The summed E-state index contributed by atoms with van der Waals surface area (Å²) >= 11 is 0. The summed E-state index contributed by atoms with van der Waals surface area (Å²) in [6, 6.07) is 5.11. The van der Waals surface area contributed by atoms with Crippen LogP contribution in [0.3, 0.4) is 0 Å². The Morgan fingerprint density at radius 1 is 1.41 bits per heavy atom. The minimum atomic E-state index is -0.427. The maximum Gasteiger partial charge on any atom is 0.267 e. The summed E-state index contributed by atoms with van der Waals surface area (Å²) in [5.41, 5.74) is 1.67. The maximum atomic E-state index is 13.1. The molecule has 0 radical (unpaired) electrons. The highest BCUT2D eigenvalue weighted by Crippen LogP contribution is 2.12.